The first kappa shape index (κ1) is 17.2. The third kappa shape index (κ3) is 3.02. The van der Waals surface area contributed by atoms with Crippen molar-refractivity contribution in [3.63, 3.8) is 0 Å². The van der Waals surface area contributed by atoms with Crippen LogP contribution in [0.3, 0.4) is 0 Å². The summed E-state index contributed by atoms with van der Waals surface area (Å²) in [6, 6.07) is 0. The molecule has 2 aliphatic heterocycles. The maximum Gasteiger partial charge on any atom is 0.0576 e. The van der Waals surface area contributed by atoms with E-state index in [1.807, 2.05) is 0 Å². The molecule has 0 spiro atoms. The van der Waals surface area contributed by atoms with Crippen LogP contribution in [0.1, 0.15) is 87.5 Å². The second-order valence-corrected chi connectivity index (χ2v) is 9.79. The number of piperidine rings is 2. The van der Waals surface area contributed by atoms with Crippen LogP contribution in [0, 0.1) is 0 Å². The Hall–Kier alpha value is -0.120. The molecule has 2 saturated heterocycles. The lowest BCUT2D eigenvalue weighted by Crippen LogP contribution is -2.76. The third-order valence-corrected chi connectivity index (χ3v) is 5.54. The van der Waals surface area contributed by atoms with E-state index < -0.39 is 0 Å². The van der Waals surface area contributed by atoms with Gasteiger partial charge in [-0.1, -0.05) is 0 Å². The molecule has 2 rings (SSSR count). The molecule has 2 fully saturated rings. The van der Waals surface area contributed by atoms with Gasteiger partial charge in [0.15, 0.2) is 0 Å². The molecule has 0 bridgehead atoms. The van der Waals surface area contributed by atoms with E-state index in [0.717, 1.165) is 12.8 Å². The number of aliphatic hydroxyl groups is 1. The molecular weight excluding hydrogens is 260 g/mol. The second-order valence-electron chi connectivity index (χ2n) is 9.79. The van der Waals surface area contributed by atoms with Crippen molar-refractivity contribution >= 4 is 0 Å². The minimum absolute atomic E-state index is 0.0208. The van der Waals surface area contributed by atoms with Gasteiger partial charge in [-0.15, -0.1) is 0 Å². The molecule has 0 amide bonds. The predicted octanol–water partition coefficient (Wildman–Crippen LogP) is 3.96. The van der Waals surface area contributed by atoms with Gasteiger partial charge in [0.05, 0.1) is 6.10 Å². The fraction of sp³-hybridized carbons (Fsp3) is 1.00. The zero-order valence-corrected chi connectivity index (χ0v) is 15.5. The zero-order chi connectivity index (χ0) is 16.3. The first-order valence-corrected chi connectivity index (χ1v) is 8.58. The van der Waals surface area contributed by atoms with Gasteiger partial charge in [0.2, 0.25) is 0 Å². The van der Waals surface area contributed by atoms with Gasteiger partial charge >= 0.3 is 0 Å². The molecule has 2 aliphatic rings. The molecule has 124 valence electrons. The van der Waals surface area contributed by atoms with Gasteiger partial charge in [-0.25, -0.2) is 10.0 Å². The van der Waals surface area contributed by atoms with Crippen LogP contribution in [-0.4, -0.2) is 43.4 Å². The second kappa shape index (κ2) is 4.94. The lowest BCUT2D eigenvalue weighted by molar-refractivity contribution is -0.282. The normalized spacial score (nSPS) is 33.0. The number of rotatable bonds is 1. The maximum atomic E-state index is 10.3. The SMILES string of the molecule is CC1(C)CCCC(C)(C)N1N1C(C)(C)CC(O)CC1(C)C. The maximum absolute atomic E-state index is 10.3. The van der Waals surface area contributed by atoms with Crippen LogP contribution in [0.15, 0.2) is 0 Å². The van der Waals surface area contributed by atoms with Gasteiger partial charge < -0.3 is 5.11 Å². The summed E-state index contributed by atoms with van der Waals surface area (Å²) in [4.78, 5) is 0. The van der Waals surface area contributed by atoms with Gasteiger partial charge in [0, 0.05) is 22.2 Å². The average molecular weight is 296 g/mol. The Labute approximate surface area is 131 Å². The van der Waals surface area contributed by atoms with Crippen LogP contribution in [0.25, 0.3) is 0 Å². The molecule has 1 N–H and O–H groups in total. The van der Waals surface area contributed by atoms with E-state index in [1.54, 1.807) is 0 Å². The Kier molecular flexibility index (Phi) is 4.05. The van der Waals surface area contributed by atoms with Crippen LogP contribution in [0.5, 0.6) is 0 Å². The van der Waals surface area contributed by atoms with Crippen LogP contribution in [0.4, 0.5) is 0 Å². The summed E-state index contributed by atoms with van der Waals surface area (Å²) in [7, 11) is 0. The minimum atomic E-state index is -0.192. The third-order valence-electron chi connectivity index (χ3n) is 5.54. The molecule has 0 saturated carbocycles. The van der Waals surface area contributed by atoms with E-state index in [-0.39, 0.29) is 28.3 Å². The summed E-state index contributed by atoms with van der Waals surface area (Å²) >= 11 is 0. The Morgan fingerprint density at radius 3 is 1.38 bits per heavy atom. The van der Waals surface area contributed by atoms with E-state index >= 15 is 0 Å². The summed E-state index contributed by atoms with van der Waals surface area (Å²) in [6.07, 6.45) is 5.28. The number of nitrogens with zero attached hydrogens (tertiary/aromatic N) is 2. The summed E-state index contributed by atoms with van der Waals surface area (Å²) in [5.74, 6) is 0. The Balaban J connectivity index is 2.49. The van der Waals surface area contributed by atoms with E-state index in [1.165, 1.54) is 19.3 Å². The number of hydrazine groups is 1. The fourth-order valence-electron chi connectivity index (χ4n) is 5.29. The van der Waals surface area contributed by atoms with Gasteiger partial charge in [-0.3, -0.25) is 0 Å². The van der Waals surface area contributed by atoms with E-state index in [2.05, 4.69) is 65.4 Å². The van der Waals surface area contributed by atoms with Gasteiger partial charge in [0.1, 0.15) is 0 Å². The standard InChI is InChI=1S/C18H36N2O/c1-15(2)10-9-11-16(3,4)19(15)20-17(5,6)12-14(21)13-18(20,7)8/h14,21H,9-13H2,1-8H3. The minimum Gasteiger partial charge on any atom is -0.393 e. The first-order chi connectivity index (χ1) is 9.30. The monoisotopic (exact) mass is 296 g/mol. The van der Waals surface area contributed by atoms with Crippen LogP contribution in [-0.2, 0) is 0 Å². The molecule has 0 unspecified atom stereocenters. The summed E-state index contributed by atoms with van der Waals surface area (Å²) in [5.41, 5.74) is 0.289. The zero-order valence-electron chi connectivity index (χ0n) is 15.5. The molecule has 0 aromatic rings. The van der Waals surface area contributed by atoms with Crippen molar-refractivity contribution in [1.82, 2.24) is 10.0 Å². The highest BCUT2D eigenvalue weighted by molar-refractivity contribution is 5.05. The fourth-order valence-corrected chi connectivity index (χ4v) is 5.29. The van der Waals surface area contributed by atoms with Gasteiger partial charge in [-0.2, -0.15) is 0 Å². The van der Waals surface area contributed by atoms with Crippen molar-refractivity contribution in [3.05, 3.63) is 0 Å². The smallest absolute Gasteiger partial charge is 0.0576 e. The largest absolute Gasteiger partial charge is 0.393 e. The number of hydrogen-bond donors (Lipinski definition) is 1. The molecular formula is C18H36N2O. The Bertz CT molecular complexity index is 364. The molecule has 0 atom stereocenters. The highest BCUT2D eigenvalue weighted by Crippen LogP contribution is 2.48. The predicted molar refractivity (Wildman–Crippen MR) is 89.1 cm³/mol. The summed E-state index contributed by atoms with van der Waals surface area (Å²) in [5, 5.41) is 15.6. The van der Waals surface area contributed by atoms with Crippen LogP contribution >= 0.6 is 0 Å². The molecule has 2 heterocycles. The quantitative estimate of drug-likeness (QED) is 0.793. The van der Waals surface area contributed by atoms with Crippen molar-refractivity contribution in [2.75, 3.05) is 0 Å². The van der Waals surface area contributed by atoms with E-state index in [4.69, 9.17) is 0 Å². The number of hydrogen-bond acceptors (Lipinski definition) is 3. The van der Waals surface area contributed by atoms with Crippen molar-refractivity contribution in [3.8, 4) is 0 Å². The van der Waals surface area contributed by atoms with Crippen molar-refractivity contribution < 1.29 is 5.11 Å². The number of aliphatic hydroxyl groups excluding tert-OH is 1. The van der Waals surface area contributed by atoms with Crippen LogP contribution in [0.2, 0.25) is 0 Å². The van der Waals surface area contributed by atoms with Crippen molar-refractivity contribution in [1.29, 1.82) is 0 Å². The molecule has 0 aliphatic carbocycles. The summed E-state index contributed by atoms with van der Waals surface area (Å²) in [6.45, 7) is 18.7. The van der Waals surface area contributed by atoms with Crippen molar-refractivity contribution in [2.45, 2.75) is 116 Å². The highest BCUT2D eigenvalue weighted by atomic mass is 16.3. The highest BCUT2D eigenvalue weighted by Gasteiger charge is 2.55. The topological polar surface area (TPSA) is 26.7 Å². The van der Waals surface area contributed by atoms with Crippen LogP contribution < -0.4 is 0 Å². The first-order valence-electron chi connectivity index (χ1n) is 8.58. The van der Waals surface area contributed by atoms with Gasteiger partial charge in [0.25, 0.3) is 0 Å². The van der Waals surface area contributed by atoms with E-state index in [0.29, 0.717) is 0 Å². The molecule has 0 aromatic heterocycles. The molecule has 3 nitrogen and oxygen atoms in total. The van der Waals surface area contributed by atoms with Crippen molar-refractivity contribution in [2.24, 2.45) is 0 Å². The molecule has 0 aromatic carbocycles. The molecule has 3 heteroatoms. The summed E-state index contributed by atoms with van der Waals surface area (Å²) < 4.78 is 0. The average Bonchev–Trinajstić information content (AvgIpc) is 2.18. The van der Waals surface area contributed by atoms with Gasteiger partial charge in [-0.05, 0) is 87.5 Å². The Morgan fingerprint density at radius 2 is 1.00 bits per heavy atom. The lowest BCUT2D eigenvalue weighted by atomic mass is 9.76. The lowest BCUT2D eigenvalue weighted by Gasteiger charge is -2.67. The Morgan fingerprint density at radius 1 is 0.667 bits per heavy atom. The molecule has 21 heavy (non-hydrogen) atoms. The van der Waals surface area contributed by atoms with E-state index in [9.17, 15) is 5.11 Å². The molecule has 0 radical (unpaired) electrons.